The van der Waals surface area contributed by atoms with Crippen molar-refractivity contribution in [2.24, 2.45) is 0 Å². The van der Waals surface area contributed by atoms with Crippen LogP contribution in [-0.4, -0.2) is 26.2 Å². The number of nitrogens with one attached hydrogen (secondary N) is 1. The first-order valence-corrected chi connectivity index (χ1v) is 7.05. The lowest BCUT2D eigenvalue weighted by atomic mass is 10.1. The van der Waals surface area contributed by atoms with Gasteiger partial charge in [0.05, 0.1) is 20.1 Å². The van der Waals surface area contributed by atoms with Crippen LogP contribution >= 0.6 is 0 Å². The summed E-state index contributed by atoms with van der Waals surface area (Å²) in [6.07, 6.45) is 0.336. The van der Waals surface area contributed by atoms with E-state index in [1.54, 1.807) is 19.2 Å². The Hall–Kier alpha value is -2.69. The smallest absolute Gasteiger partial charge is 0.224 e. The number of nitrogen functional groups attached to an aromatic ring is 1. The molecule has 5 heteroatoms. The van der Waals surface area contributed by atoms with Crippen molar-refractivity contribution in [3.05, 3.63) is 54.1 Å². The zero-order valence-electron chi connectivity index (χ0n) is 12.5. The Morgan fingerprint density at radius 2 is 1.91 bits per heavy atom. The molecule has 0 bridgehead atoms. The summed E-state index contributed by atoms with van der Waals surface area (Å²) >= 11 is 0. The molecule has 0 atom stereocenters. The van der Waals surface area contributed by atoms with E-state index in [4.69, 9.17) is 15.2 Å². The molecule has 22 heavy (non-hydrogen) atoms. The molecule has 0 saturated carbocycles. The maximum absolute atomic E-state index is 11.8. The normalized spacial score (nSPS) is 10.0. The fourth-order valence-electron chi connectivity index (χ4n) is 1.95. The van der Waals surface area contributed by atoms with E-state index >= 15 is 0 Å². The van der Waals surface area contributed by atoms with Gasteiger partial charge >= 0.3 is 0 Å². The van der Waals surface area contributed by atoms with Gasteiger partial charge in [0.1, 0.15) is 18.1 Å². The van der Waals surface area contributed by atoms with Crippen molar-refractivity contribution >= 4 is 11.6 Å². The molecular formula is C17H20N2O3. The predicted molar refractivity (Wildman–Crippen MR) is 86.1 cm³/mol. The first-order chi connectivity index (χ1) is 10.7. The van der Waals surface area contributed by atoms with Gasteiger partial charge in [0.2, 0.25) is 5.91 Å². The minimum absolute atomic E-state index is 0.0404. The number of anilines is 1. The largest absolute Gasteiger partial charge is 0.497 e. The molecular weight excluding hydrogens is 280 g/mol. The van der Waals surface area contributed by atoms with E-state index in [2.05, 4.69) is 5.32 Å². The van der Waals surface area contributed by atoms with Crippen LogP contribution < -0.4 is 20.5 Å². The van der Waals surface area contributed by atoms with Crippen molar-refractivity contribution in [2.45, 2.75) is 6.42 Å². The summed E-state index contributed by atoms with van der Waals surface area (Å²) in [6, 6.07) is 14.6. The lowest BCUT2D eigenvalue weighted by Crippen LogP contribution is -2.29. The van der Waals surface area contributed by atoms with Crippen molar-refractivity contribution < 1.29 is 14.3 Å². The molecule has 0 aliphatic heterocycles. The van der Waals surface area contributed by atoms with Gasteiger partial charge in [-0.1, -0.05) is 18.2 Å². The fourth-order valence-corrected chi connectivity index (χ4v) is 1.95. The standard InChI is InChI=1S/C17H20N2O3/c1-21-15-7-5-13(6-8-15)11-17(20)19-9-10-22-16-4-2-3-14(18)12-16/h2-8,12H,9-11,18H2,1H3,(H,19,20). The van der Waals surface area contributed by atoms with Crippen LogP contribution in [0.5, 0.6) is 11.5 Å². The summed E-state index contributed by atoms with van der Waals surface area (Å²) in [5.74, 6) is 1.44. The molecule has 2 aromatic carbocycles. The van der Waals surface area contributed by atoms with Crippen LogP contribution in [0.4, 0.5) is 5.69 Å². The Morgan fingerprint density at radius 3 is 2.59 bits per heavy atom. The molecule has 0 radical (unpaired) electrons. The molecule has 3 N–H and O–H groups in total. The molecule has 2 aromatic rings. The fraction of sp³-hybridized carbons (Fsp3) is 0.235. The molecule has 1 amide bonds. The highest BCUT2D eigenvalue weighted by Crippen LogP contribution is 2.14. The van der Waals surface area contributed by atoms with E-state index in [0.29, 0.717) is 31.0 Å². The van der Waals surface area contributed by atoms with Crippen LogP contribution in [0.1, 0.15) is 5.56 Å². The number of nitrogens with two attached hydrogens (primary N) is 1. The average Bonchev–Trinajstić information content (AvgIpc) is 2.52. The second-order valence-corrected chi connectivity index (χ2v) is 4.80. The van der Waals surface area contributed by atoms with E-state index in [-0.39, 0.29) is 5.91 Å². The van der Waals surface area contributed by atoms with Gasteiger partial charge in [0, 0.05) is 11.8 Å². The first-order valence-electron chi connectivity index (χ1n) is 7.05. The van der Waals surface area contributed by atoms with Gasteiger partial charge in [-0.2, -0.15) is 0 Å². The molecule has 0 saturated heterocycles. The average molecular weight is 300 g/mol. The summed E-state index contributed by atoms with van der Waals surface area (Å²) in [5, 5.41) is 2.82. The summed E-state index contributed by atoms with van der Waals surface area (Å²) in [5.41, 5.74) is 7.25. The second kappa shape index (κ2) is 7.93. The van der Waals surface area contributed by atoms with E-state index < -0.39 is 0 Å². The van der Waals surface area contributed by atoms with Crippen molar-refractivity contribution in [1.82, 2.24) is 5.32 Å². The molecule has 0 fully saturated rings. The Morgan fingerprint density at radius 1 is 1.14 bits per heavy atom. The lowest BCUT2D eigenvalue weighted by molar-refractivity contribution is -0.120. The van der Waals surface area contributed by atoms with E-state index in [1.807, 2.05) is 36.4 Å². The summed E-state index contributed by atoms with van der Waals surface area (Å²) in [7, 11) is 1.61. The summed E-state index contributed by atoms with van der Waals surface area (Å²) < 4.78 is 10.6. The van der Waals surface area contributed by atoms with Gasteiger partial charge < -0.3 is 20.5 Å². The number of carbonyl (C=O) groups excluding carboxylic acids is 1. The van der Waals surface area contributed by atoms with Crippen LogP contribution in [0.15, 0.2) is 48.5 Å². The molecule has 0 aliphatic carbocycles. The number of carbonyl (C=O) groups is 1. The molecule has 5 nitrogen and oxygen atoms in total. The van der Waals surface area contributed by atoms with Crippen molar-refractivity contribution in [3.63, 3.8) is 0 Å². The van der Waals surface area contributed by atoms with E-state index in [0.717, 1.165) is 11.3 Å². The Labute approximate surface area is 130 Å². The first kappa shape index (κ1) is 15.7. The topological polar surface area (TPSA) is 73.6 Å². The number of methoxy groups -OCH3 is 1. The maximum atomic E-state index is 11.8. The highest BCUT2D eigenvalue weighted by Gasteiger charge is 2.03. The van der Waals surface area contributed by atoms with Crippen LogP contribution in [0.2, 0.25) is 0 Å². The number of benzene rings is 2. The van der Waals surface area contributed by atoms with Gasteiger partial charge in [-0.05, 0) is 29.8 Å². The number of ether oxygens (including phenoxy) is 2. The van der Waals surface area contributed by atoms with Gasteiger partial charge in [0.15, 0.2) is 0 Å². The van der Waals surface area contributed by atoms with Gasteiger partial charge in [-0.25, -0.2) is 0 Å². The number of rotatable bonds is 7. The Bertz CT molecular complexity index is 612. The number of hydrogen-bond acceptors (Lipinski definition) is 4. The Balaban J connectivity index is 1.69. The van der Waals surface area contributed by atoms with Gasteiger partial charge in [0.25, 0.3) is 0 Å². The van der Waals surface area contributed by atoms with E-state index in [1.165, 1.54) is 0 Å². The number of amides is 1. The third kappa shape index (κ3) is 5.01. The molecule has 0 aromatic heterocycles. The second-order valence-electron chi connectivity index (χ2n) is 4.80. The molecule has 116 valence electrons. The monoisotopic (exact) mass is 300 g/mol. The van der Waals surface area contributed by atoms with Crippen LogP contribution in [0.25, 0.3) is 0 Å². The zero-order valence-corrected chi connectivity index (χ0v) is 12.5. The predicted octanol–water partition coefficient (Wildman–Crippen LogP) is 2.02. The lowest BCUT2D eigenvalue weighted by Gasteiger charge is -2.08. The minimum atomic E-state index is -0.0404. The van der Waals surface area contributed by atoms with Crippen molar-refractivity contribution in [1.29, 1.82) is 0 Å². The molecule has 0 unspecified atom stereocenters. The minimum Gasteiger partial charge on any atom is -0.497 e. The SMILES string of the molecule is COc1ccc(CC(=O)NCCOc2cccc(N)c2)cc1. The molecule has 2 rings (SSSR count). The van der Waals surface area contributed by atoms with Crippen molar-refractivity contribution in [3.8, 4) is 11.5 Å². The molecule has 0 heterocycles. The van der Waals surface area contributed by atoms with Crippen LogP contribution in [0.3, 0.4) is 0 Å². The Kier molecular flexibility index (Phi) is 5.65. The van der Waals surface area contributed by atoms with Crippen LogP contribution in [-0.2, 0) is 11.2 Å². The highest BCUT2D eigenvalue weighted by atomic mass is 16.5. The summed E-state index contributed by atoms with van der Waals surface area (Å²) in [4.78, 5) is 11.8. The molecule has 0 spiro atoms. The number of hydrogen-bond donors (Lipinski definition) is 2. The van der Waals surface area contributed by atoms with Crippen LogP contribution in [0, 0.1) is 0 Å². The quantitative estimate of drug-likeness (QED) is 0.606. The van der Waals surface area contributed by atoms with Gasteiger partial charge in [-0.3, -0.25) is 4.79 Å². The zero-order chi connectivity index (χ0) is 15.8. The maximum Gasteiger partial charge on any atom is 0.224 e. The highest BCUT2D eigenvalue weighted by molar-refractivity contribution is 5.78. The summed E-state index contributed by atoms with van der Waals surface area (Å²) in [6.45, 7) is 0.849. The van der Waals surface area contributed by atoms with E-state index in [9.17, 15) is 4.79 Å². The van der Waals surface area contributed by atoms with Crippen molar-refractivity contribution in [2.75, 3.05) is 26.0 Å². The van der Waals surface area contributed by atoms with Gasteiger partial charge in [-0.15, -0.1) is 0 Å². The third-order valence-electron chi connectivity index (χ3n) is 3.07. The molecule has 0 aliphatic rings. The third-order valence-corrected chi connectivity index (χ3v) is 3.07.